The summed E-state index contributed by atoms with van der Waals surface area (Å²) in [5.74, 6) is 1.76. The SMILES string of the molecule is CCc1nc(C2CCCC2)nc2c1CCNC2. The number of rotatable bonds is 2. The first-order valence-electron chi connectivity index (χ1n) is 6.97. The average Bonchev–Trinajstić information content (AvgIpc) is 2.91. The van der Waals surface area contributed by atoms with Gasteiger partial charge in [0.15, 0.2) is 0 Å². The summed E-state index contributed by atoms with van der Waals surface area (Å²) in [5.41, 5.74) is 4.00. The first-order valence-corrected chi connectivity index (χ1v) is 6.97. The second-order valence-electron chi connectivity index (χ2n) is 5.22. The monoisotopic (exact) mass is 231 g/mol. The molecule has 0 spiro atoms. The van der Waals surface area contributed by atoms with E-state index in [0.717, 1.165) is 31.8 Å². The van der Waals surface area contributed by atoms with E-state index in [0.29, 0.717) is 5.92 Å². The van der Waals surface area contributed by atoms with Gasteiger partial charge in [0.25, 0.3) is 0 Å². The summed E-state index contributed by atoms with van der Waals surface area (Å²) in [5, 5.41) is 3.42. The maximum Gasteiger partial charge on any atom is 0.132 e. The number of hydrogen-bond acceptors (Lipinski definition) is 3. The van der Waals surface area contributed by atoms with E-state index in [2.05, 4.69) is 12.2 Å². The molecule has 0 bridgehead atoms. The lowest BCUT2D eigenvalue weighted by Gasteiger charge is -2.21. The number of nitrogens with one attached hydrogen (secondary N) is 1. The molecule has 3 heteroatoms. The van der Waals surface area contributed by atoms with Gasteiger partial charge in [-0.2, -0.15) is 0 Å². The minimum Gasteiger partial charge on any atom is -0.311 e. The fraction of sp³-hybridized carbons (Fsp3) is 0.714. The predicted octanol–water partition coefficient (Wildman–Crippen LogP) is 2.34. The molecule has 1 aromatic heterocycles. The van der Waals surface area contributed by atoms with Gasteiger partial charge in [-0.3, -0.25) is 0 Å². The van der Waals surface area contributed by atoms with E-state index < -0.39 is 0 Å². The van der Waals surface area contributed by atoms with Crippen LogP contribution in [0, 0.1) is 0 Å². The lowest BCUT2D eigenvalue weighted by atomic mass is 10.0. The third-order valence-corrected chi connectivity index (χ3v) is 4.10. The van der Waals surface area contributed by atoms with Crippen molar-refractivity contribution in [3.63, 3.8) is 0 Å². The predicted molar refractivity (Wildman–Crippen MR) is 68.0 cm³/mol. The highest BCUT2D eigenvalue weighted by atomic mass is 15.0. The molecular weight excluding hydrogens is 210 g/mol. The lowest BCUT2D eigenvalue weighted by molar-refractivity contribution is 0.587. The smallest absolute Gasteiger partial charge is 0.132 e. The summed E-state index contributed by atoms with van der Waals surface area (Å²) < 4.78 is 0. The summed E-state index contributed by atoms with van der Waals surface area (Å²) in [4.78, 5) is 9.68. The van der Waals surface area contributed by atoms with E-state index >= 15 is 0 Å². The molecule has 0 atom stereocenters. The maximum atomic E-state index is 4.85. The van der Waals surface area contributed by atoms with Crippen molar-refractivity contribution in [1.29, 1.82) is 0 Å². The zero-order valence-electron chi connectivity index (χ0n) is 10.6. The fourth-order valence-electron chi connectivity index (χ4n) is 3.12. The highest BCUT2D eigenvalue weighted by Gasteiger charge is 2.23. The van der Waals surface area contributed by atoms with Crippen LogP contribution in [0.2, 0.25) is 0 Å². The van der Waals surface area contributed by atoms with Gasteiger partial charge in [0.05, 0.1) is 5.69 Å². The van der Waals surface area contributed by atoms with Crippen LogP contribution in [0.15, 0.2) is 0 Å². The van der Waals surface area contributed by atoms with Crippen molar-refractivity contribution in [2.75, 3.05) is 6.54 Å². The maximum absolute atomic E-state index is 4.85. The van der Waals surface area contributed by atoms with Crippen molar-refractivity contribution in [3.8, 4) is 0 Å². The highest BCUT2D eigenvalue weighted by Crippen LogP contribution is 2.33. The van der Waals surface area contributed by atoms with Crippen LogP contribution in [-0.2, 0) is 19.4 Å². The molecule has 1 saturated carbocycles. The van der Waals surface area contributed by atoms with E-state index in [-0.39, 0.29) is 0 Å². The molecular formula is C14H21N3. The molecule has 0 aromatic carbocycles. The minimum atomic E-state index is 0.632. The Balaban J connectivity index is 1.99. The molecule has 3 rings (SSSR count). The van der Waals surface area contributed by atoms with Gasteiger partial charge in [0, 0.05) is 18.2 Å². The molecule has 0 unspecified atom stereocenters. The van der Waals surface area contributed by atoms with E-state index in [9.17, 15) is 0 Å². The van der Waals surface area contributed by atoms with Crippen LogP contribution in [0.25, 0.3) is 0 Å². The largest absolute Gasteiger partial charge is 0.311 e. The minimum absolute atomic E-state index is 0.632. The molecule has 1 fully saturated rings. The number of aromatic nitrogens is 2. The van der Waals surface area contributed by atoms with Crippen molar-refractivity contribution < 1.29 is 0 Å². The summed E-state index contributed by atoms with van der Waals surface area (Å²) in [6.45, 7) is 4.22. The van der Waals surface area contributed by atoms with Gasteiger partial charge in [-0.15, -0.1) is 0 Å². The Morgan fingerprint density at radius 3 is 2.82 bits per heavy atom. The third kappa shape index (κ3) is 2.08. The zero-order chi connectivity index (χ0) is 11.7. The second kappa shape index (κ2) is 4.73. The van der Waals surface area contributed by atoms with Gasteiger partial charge in [-0.05, 0) is 37.8 Å². The van der Waals surface area contributed by atoms with Crippen molar-refractivity contribution in [2.45, 2.75) is 57.9 Å². The number of hydrogen-bond donors (Lipinski definition) is 1. The van der Waals surface area contributed by atoms with Crippen molar-refractivity contribution in [1.82, 2.24) is 15.3 Å². The van der Waals surface area contributed by atoms with E-state index in [1.54, 1.807) is 0 Å². The van der Waals surface area contributed by atoms with E-state index in [1.165, 1.54) is 42.6 Å². The molecule has 1 N–H and O–H groups in total. The van der Waals surface area contributed by atoms with Crippen LogP contribution in [-0.4, -0.2) is 16.5 Å². The van der Waals surface area contributed by atoms with Crippen molar-refractivity contribution >= 4 is 0 Å². The van der Waals surface area contributed by atoms with Gasteiger partial charge < -0.3 is 5.32 Å². The van der Waals surface area contributed by atoms with Crippen LogP contribution in [0.3, 0.4) is 0 Å². The Labute approximate surface area is 103 Å². The Morgan fingerprint density at radius 1 is 1.24 bits per heavy atom. The van der Waals surface area contributed by atoms with E-state index in [1.807, 2.05) is 0 Å². The molecule has 1 aromatic rings. The second-order valence-corrected chi connectivity index (χ2v) is 5.22. The Hall–Kier alpha value is -0.960. The standard InChI is InChI=1S/C14H21N3/c1-2-12-11-7-8-15-9-13(11)17-14(16-12)10-5-3-4-6-10/h10,15H,2-9H2,1H3. The van der Waals surface area contributed by atoms with Crippen LogP contribution in [0.4, 0.5) is 0 Å². The molecule has 0 radical (unpaired) electrons. The van der Waals surface area contributed by atoms with Gasteiger partial charge in [-0.25, -0.2) is 9.97 Å². The summed E-state index contributed by atoms with van der Waals surface area (Å²) in [7, 11) is 0. The van der Waals surface area contributed by atoms with Crippen LogP contribution in [0.5, 0.6) is 0 Å². The first-order chi connectivity index (χ1) is 8.38. The van der Waals surface area contributed by atoms with Crippen LogP contribution in [0.1, 0.15) is 61.3 Å². The van der Waals surface area contributed by atoms with Gasteiger partial charge in [-0.1, -0.05) is 19.8 Å². The van der Waals surface area contributed by atoms with Gasteiger partial charge in [0.1, 0.15) is 5.82 Å². The molecule has 17 heavy (non-hydrogen) atoms. The van der Waals surface area contributed by atoms with Crippen molar-refractivity contribution in [2.24, 2.45) is 0 Å². The fourth-order valence-corrected chi connectivity index (χ4v) is 3.12. The van der Waals surface area contributed by atoms with E-state index in [4.69, 9.17) is 9.97 Å². The molecule has 0 amide bonds. The Kier molecular flexibility index (Phi) is 3.10. The summed E-state index contributed by atoms with van der Waals surface area (Å²) >= 11 is 0. The summed E-state index contributed by atoms with van der Waals surface area (Å²) in [6.07, 6.45) is 7.43. The highest BCUT2D eigenvalue weighted by molar-refractivity contribution is 5.29. The van der Waals surface area contributed by atoms with Gasteiger partial charge >= 0.3 is 0 Å². The third-order valence-electron chi connectivity index (χ3n) is 4.10. The van der Waals surface area contributed by atoms with Gasteiger partial charge in [0.2, 0.25) is 0 Å². The number of aryl methyl sites for hydroxylation is 1. The Morgan fingerprint density at radius 2 is 2.06 bits per heavy atom. The molecule has 2 heterocycles. The number of nitrogens with zero attached hydrogens (tertiary/aromatic N) is 2. The molecule has 92 valence electrons. The molecule has 2 aliphatic rings. The molecule has 0 saturated heterocycles. The van der Waals surface area contributed by atoms with Crippen LogP contribution < -0.4 is 5.32 Å². The molecule has 3 nitrogen and oxygen atoms in total. The van der Waals surface area contributed by atoms with Crippen molar-refractivity contribution in [3.05, 3.63) is 22.8 Å². The normalized spacial score (nSPS) is 20.5. The van der Waals surface area contributed by atoms with Crippen LogP contribution >= 0.6 is 0 Å². The average molecular weight is 231 g/mol. The molecule has 1 aliphatic heterocycles. The number of fused-ring (bicyclic) bond motifs is 1. The summed E-state index contributed by atoms with van der Waals surface area (Å²) in [6, 6.07) is 0. The lowest BCUT2D eigenvalue weighted by Crippen LogP contribution is -2.27. The Bertz CT molecular complexity index is 391. The zero-order valence-corrected chi connectivity index (χ0v) is 10.6. The quantitative estimate of drug-likeness (QED) is 0.849. The molecule has 1 aliphatic carbocycles. The topological polar surface area (TPSA) is 37.8 Å². The first kappa shape index (κ1) is 11.1.